The van der Waals surface area contributed by atoms with Crippen molar-refractivity contribution in [2.45, 2.75) is 13.8 Å². The normalized spacial score (nSPS) is 10.4. The summed E-state index contributed by atoms with van der Waals surface area (Å²) < 4.78 is 5.06. The Morgan fingerprint density at radius 3 is 2.14 bits per heavy atom. The Morgan fingerprint density at radius 2 is 1.61 bits per heavy atom. The van der Waals surface area contributed by atoms with Crippen LogP contribution in [0, 0.1) is 5.92 Å². The second-order valence-corrected chi connectivity index (χ2v) is 7.33. The lowest BCUT2D eigenvalue weighted by Crippen LogP contribution is -2.34. The number of methoxy groups -OCH3 is 1. The van der Waals surface area contributed by atoms with Gasteiger partial charge in [0.25, 0.3) is 5.91 Å². The summed E-state index contributed by atoms with van der Waals surface area (Å²) in [4.78, 5) is 24.2. The van der Waals surface area contributed by atoms with E-state index < -0.39 is 5.91 Å². The van der Waals surface area contributed by atoms with Gasteiger partial charge < -0.3 is 15.4 Å². The van der Waals surface area contributed by atoms with Gasteiger partial charge in [0.2, 0.25) is 5.91 Å². The molecule has 28 heavy (non-hydrogen) atoms. The number of rotatable bonds is 5. The Kier molecular flexibility index (Phi) is 7.62. The minimum absolute atomic E-state index is 0.0837. The first-order valence-corrected chi connectivity index (χ1v) is 9.44. The number of anilines is 2. The lowest BCUT2D eigenvalue weighted by molar-refractivity contribution is -0.118. The average molecular weight is 440 g/mol. The van der Waals surface area contributed by atoms with E-state index in [1.165, 1.54) is 19.2 Å². The summed E-state index contributed by atoms with van der Waals surface area (Å²) >= 11 is 17.3. The Labute approximate surface area is 178 Å². The van der Waals surface area contributed by atoms with Crippen molar-refractivity contribution in [1.29, 1.82) is 0 Å². The van der Waals surface area contributed by atoms with Crippen molar-refractivity contribution < 1.29 is 14.3 Å². The van der Waals surface area contributed by atoms with Gasteiger partial charge in [-0.15, -0.1) is 0 Å². The molecule has 0 aromatic heterocycles. The molecular formula is C19H19Cl2N3O3S. The number of carbonyl (C=O) groups is 2. The number of carbonyl (C=O) groups excluding carboxylic acids is 2. The quantitative estimate of drug-likeness (QED) is 0.587. The van der Waals surface area contributed by atoms with E-state index in [0.29, 0.717) is 17.1 Å². The lowest BCUT2D eigenvalue weighted by atomic mass is 10.2. The molecule has 0 aliphatic rings. The van der Waals surface area contributed by atoms with Crippen LogP contribution in [0.15, 0.2) is 36.4 Å². The highest BCUT2D eigenvalue weighted by molar-refractivity contribution is 7.80. The molecule has 0 saturated carbocycles. The highest BCUT2D eigenvalue weighted by Crippen LogP contribution is 2.33. The van der Waals surface area contributed by atoms with Crippen LogP contribution < -0.4 is 20.7 Å². The molecule has 0 spiro atoms. The second kappa shape index (κ2) is 9.73. The van der Waals surface area contributed by atoms with Gasteiger partial charge in [-0.2, -0.15) is 0 Å². The lowest BCUT2D eigenvalue weighted by Gasteiger charge is -2.13. The number of halogens is 2. The van der Waals surface area contributed by atoms with E-state index in [9.17, 15) is 9.59 Å². The summed E-state index contributed by atoms with van der Waals surface area (Å²) in [5.41, 5.74) is 1.46. The van der Waals surface area contributed by atoms with Crippen molar-refractivity contribution in [3.8, 4) is 5.75 Å². The van der Waals surface area contributed by atoms with E-state index in [1.54, 1.807) is 38.1 Å². The Hall–Kier alpha value is -2.35. The van der Waals surface area contributed by atoms with Gasteiger partial charge >= 0.3 is 0 Å². The summed E-state index contributed by atoms with van der Waals surface area (Å²) in [5, 5.41) is 8.75. The molecule has 2 rings (SSSR count). The van der Waals surface area contributed by atoms with Crippen molar-refractivity contribution in [3.63, 3.8) is 0 Å². The maximum atomic E-state index is 12.4. The van der Waals surface area contributed by atoms with E-state index >= 15 is 0 Å². The van der Waals surface area contributed by atoms with Gasteiger partial charge in [0.15, 0.2) is 10.9 Å². The molecule has 2 amide bonds. The van der Waals surface area contributed by atoms with E-state index in [0.717, 1.165) is 0 Å². The third-order valence-electron chi connectivity index (χ3n) is 3.60. The summed E-state index contributed by atoms with van der Waals surface area (Å²) in [6.07, 6.45) is 0. The van der Waals surface area contributed by atoms with Crippen LogP contribution in [0.3, 0.4) is 0 Å². The number of amides is 2. The summed E-state index contributed by atoms with van der Waals surface area (Å²) in [6, 6.07) is 9.85. The molecule has 0 aliphatic carbocycles. The van der Waals surface area contributed by atoms with Crippen molar-refractivity contribution in [3.05, 3.63) is 52.0 Å². The maximum absolute atomic E-state index is 12.4. The number of hydrogen-bond acceptors (Lipinski definition) is 4. The van der Waals surface area contributed by atoms with Crippen molar-refractivity contribution in [2.75, 3.05) is 17.7 Å². The number of hydrogen-bond donors (Lipinski definition) is 3. The number of benzene rings is 2. The third kappa shape index (κ3) is 5.82. The summed E-state index contributed by atoms with van der Waals surface area (Å²) in [6.45, 7) is 3.61. The topological polar surface area (TPSA) is 79.5 Å². The Morgan fingerprint density at radius 1 is 1.04 bits per heavy atom. The zero-order valence-electron chi connectivity index (χ0n) is 15.4. The van der Waals surface area contributed by atoms with E-state index in [-0.39, 0.29) is 32.5 Å². The Bertz CT molecular complexity index is 896. The fourth-order valence-electron chi connectivity index (χ4n) is 2.18. The fourth-order valence-corrected chi connectivity index (χ4v) is 3.04. The third-order valence-corrected chi connectivity index (χ3v) is 4.37. The van der Waals surface area contributed by atoms with Gasteiger partial charge in [-0.3, -0.25) is 14.9 Å². The van der Waals surface area contributed by atoms with Crippen LogP contribution >= 0.6 is 35.4 Å². The molecule has 6 nitrogen and oxygen atoms in total. The van der Waals surface area contributed by atoms with Gasteiger partial charge in [-0.25, -0.2) is 0 Å². The first-order valence-electron chi connectivity index (χ1n) is 8.27. The van der Waals surface area contributed by atoms with Crippen molar-refractivity contribution in [1.82, 2.24) is 5.32 Å². The number of thiocarbonyl (C=S) groups is 1. The van der Waals surface area contributed by atoms with Crippen molar-refractivity contribution >= 4 is 63.7 Å². The maximum Gasteiger partial charge on any atom is 0.257 e. The molecule has 0 radical (unpaired) electrons. The monoisotopic (exact) mass is 439 g/mol. The van der Waals surface area contributed by atoms with Crippen molar-refractivity contribution in [2.24, 2.45) is 5.92 Å². The number of ether oxygens (including phenoxy) is 1. The minimum atomic E-state index is -0.479. The fraction of sp³-hybridized carbons (Fsp3) is 0.211. The van der Waals surface area contributed by atoms with Gasteiger partial charge in [-0.1, -0.05) is 43.1 Å². The molecule has 3 N–H and O–H groups in total. The van der Waals surface area contributed by atoms with Crippen LogP contribution in [-0.2, 0) is 4.79 Å². The second-order valence-electron chi connectivity index (χ2n) is 6.11. The molecule has 0 atom stereocenters. The number of nitrogens with one attached hydrogen (secondary N) is 3. The molecule has 0 unspecified atom stereocenters. The van der Waals surface area contributed by atoms with Crippen LogP contribution in [0.5, 0.6) is 5.75 Å². The molecule has 2 aromatic carbocycles. The molecule has 0 heterocycles. The zero-order valence-corrected chi connectivity index (χ0v) is 17.8. The van der Waals surface area contributed by atoms with E-state index in [1.807, 2.05) is 0 Å². The summed E-state index contributed by atoms with van der Waals surface area (Å²) in [5.74, 6) is -0.421. The molecule has 0 fully saturated rings. The molecular weight excluding hydrogens is 421 g/mol. The standard InChI is InChI=1S/C19H19Cl2N3O3S/c1-10(2)17(25)22-12-5-4-6-13(9-12)23-19(28)24-18(26)11-7-14(20)16(27-3)15(21)8-11/h4-10H,1-3H3,(H,22,25)(H2,23,24,26,28). The first kappa shape index (κ1) is 21.9. The van der Waals surface area contributed by atoms with Gasteiger partial charge in [0.05, 0.1) is 17.2 Å². The first-order chi connectivity index (χ1) is 13.2. The highest BCUT2D eigenvalue weighted by Gasteiger charge is 2.15. The van der Waals surface area contributed by atoms with Gasteiger partial charge in [0, 0.05) is 22.9 Å². The SMILES string of the molecule is COc1c(Cl)cc(C(=O)NC(=S)Nc2cccc(NC(=O)C(C)C)c2)cc1Cl. The van der Waals surface area contributed by atoms with E-state index in [4.69, 9.17) is 40.2 Å². The molecule has 2 aromatic rings. The molecule has 9 heteroatoms. The van der Waals surface area contributed by atoms with Crippen LogP contribution in [0.25, 0.3) is 0 Å². The predicted molar refractivity (Wildman–Crippen MR) is 117 cm³/mol. The van der Waals surface area contributed by atoms with Crippen LogP contribution in [0.4, 0.5) is 11.4 Å². The smallest absolute Gasteiger partial charge is 0.257 e. The van der Waals surface area contributed by atoms with Gasteiger partial charge in [-0.05, 0) is 42.5 Å². The Balaban J connectivity index is 2.04. The van der Waals surface area contributed by atoms with Gasteiger partial charge in [0.1, 0.15) is 0 Å². The largest absolute Gasteiger partial charge is 0.494 e. The molecule has 148 valence electrons. The average Bonchev–Trinajstić information content (AvgIpc) is 2.61. The van der Waals surface area contributed by atoms with Crippen LogP contribution in [0.1, 0.15) is 24.2 Å². The highest BCUT2D eigenvalue weighted by atomic mass is 35.5. The molecule has 0 aliphatic heterocycles. The van der Waals surface area contributed by atoms with E-state index in [2.05, 4.69) is 16.0 Å². The summed E-state index contributed by atoms with van der Waals surface area (Å²) in [7, 11) is 1.43. The zero-order chi connectivity index (χ0) is 20.8. The molecule has 0 saturated heterocycles. The van der Waals surface area contributed by atoms with Crippen LogP contribution in [0.2, 0.25) is 10.0 Å². The minimum Gasteiger partial charge on any atom is -0.494 e. The van der Waals surface area contributed by atoms with Crippen LogP contribution in [-0.4, -0.2) is 24.0 Å². The predicted octanol–water partition coefficient (Wildman–Crippen LogP) is 4.72. The molecule has 0 bridgehead atoms.